The number of rotatable bonds is 11. The Morgan fingerprint density at radius 2 is 1.83 bits per heavy atom. The summed E-state index contributed by atoms with van der Waals surface area (Å²) in [5.41, 5.74) is 2.58. The van der Waals surface area contributed by atoms with E-state index in [4.69, 9.17) is 14.6 Å². The number of aliphatic hydroxyl groups excluding tert-OH is 1. The van der Waals surface area contributed by atoms with Gasteiger partial charge in [-0.2, -0.15) is 5.10 Å². The molecule has 1 saturated heterocycles. The Labute approximate surface area is 212 Å². The highest BCUT2D eigenvalue weighted by Gasteiger charge is 2.29. The van der Waals surface area contributed by atoms with E-state index >= 15 is 0 Å². The first-order valence-corrected chi connectivity index (χ1v) is 12.8. The molecule has 3 aromatic rings. The van der Waals surface area contributed by atoms with Crippen LogP contribution in [0, 0.1) is 18.7 Å². The Morgan fingerprint density at radius 1 is 1.11 bits per heavy atom. The van der Waals surface area contributed by atoms with Gasteiger partial charge in [-0.05, 0) is 49.9 Å². The number of aryl methyl sites for hydroxylation is 1. The van der Waals surface area contributed by atoms with Crippen LogP contribution in [0.15, 0.2) is 54.6 Å². The number of para-hydroxylation sites is 2. The van der Waals surface area contributed by atoms with Crippen molar-refractivity contribution in [1.29, 1.82) is 0 Å². The van der Waals surface area contributed by atoms with E-state index in [1.54, 1.807) is 22.9 Å². The van der Waals surface area contributed by atoms with Crippen LogP contribution in [0.1, 0.15) is 24.1 Å². The molecule has 2 fully saturated rings. The zero-order valence-corrected chi connectivity index (χ0v) is 20.9. The zero-order valence-electron chi connectivity index (χ0n) is 20.9. The summed E-state index contributed by atoms with van der Waals surface area (Å²) in [6, 6.07) is 16.2. The lowest BCUT2D eigenvalue weighted by atomic mass is 10.2. The summed E-state index contributed by atoms with van der Waals surface area (Å²) in [6.07, 6.45) is 1.97. The van der Waals surface area contributed by atoms with E-state index in [1.807, 2.05) is 37.3 Å². The SMILES string of the molecule is Cc1nn(-c2ccccc2)c(Oc2ccccc2F)c1CN(CC1CC1)C[C@H](O)CN1CCOCC1. The molecule has 8 heteroatoms. The number of ether oxygens (including phenoxy) is 2. The molecule has 0 spiro atoms. The number of benzene rings is 2. The van der Waals surface area contributed by atoms with E-state index in [-0.39, 0.29) is 5.75 Å². The molecule has 0 amide bonds. The van der Waals surface area contributed by atoms with Crippen molar-refractivity contribution < 1.29 is 19.0 Å². The molecule has 2 heterocycles. The predicted molar refractivity (Wildman–Crippen MR) is 136 cm³/mol. The van der Waals surface area contributed by atoms with Crippen LogP contribution in [0.2, 0.25) is 0 Å². The van der Waals surface area contributed by atoms with E-state index in [9.17, 15) is 9.50 Å². The lowest BCUT2D eigenvalue weighted by molar-refractivity contribution is 0.00585. The number of hydrogen-bond donors (Lipinski definition) is 1. The summed E-state index contributed by atoms with van der Waals surface area (Å²) in [7, 11) is 0. The van der Waals surface area contributed by atoms with Gasteiger partial charge in [-0.15, -0.1) is 0 Å². The third kappa shape index (κ3) is 6.31. The van der Waals surface area contributed by atoms with Crippen molar-refractivity contribution in [3.8, 4) is 17.3 Å². The van der Waals surface area contributed by atoms with Crippen molar-refractivity contribution in [1.82, 2.24) is 19.6 Å². The fourth-order valence-corrected chi connectivity index (χ4v) is 4.73. The predicted octanol–water partition coefficient (Wildman–Crippen LogP) is 4.02. The number of aromatic nitrogens is 2. The lowest BCUT2D eigenvalue weighted by Gasteiger charge is -2.31. The average molecular weight is 495 g/mol. The van der Waals surface area contributed by atoms with Crippen LogP contribution >= 0.6 is 0 Å². The van der Waals surface area contributed by atoms with Crippen LogP contribution < -0.4 is 4.74 Å². The van der Waals surface area contributed by atoms with Crippen molar-refractivity contribution in [2.24, 2.45) is 5.92 Å². The minimum absolute atomic E-state index is 0.164. The molecule has 1 atom stereocenters. The van der Waals surface area contributed by atoms with Crippen LogP contribution in [0.5, 0.6) is 11.6 Å². The summed E-state index contributed by atoms with van der Waals surface area (Å²) in [4.78, 5) is 4.56. The molecule has 192 valence electrons. The zero-order chi connectivity index (χ0) is 24.9. The second-order valence-electron chi connectivity index (χ2n) is 9.85. The molecule has 5 rings (SSSR count). The van der Waals surface area contributed by atoms with Crippen molar-refractivity contribution >= 4 is 0 Å². The smallest absolute Gasteiger partial charge is 0.227 e. The highest BCUT2D eigenvalue weighted by molar-refractivity contribution is 5.43. The Morgan fingerprint density at radius 3 is 2.56 bits per heavy atom. The standard InChI is InChI=1S/C28H35FN4O3/c1-21-25(20-32(17-22-11-12-22)19-24(34)18-31-13-15-35-16-14-31)28(36-27-10-6-5-9-26(27)29)33(30-21)23-7-3-2-4-8-23/h2-10,22,24,34H,11-20H2,1H3/t24-/m1/s1. The van der Waals surface area contributed by atoms with Crippen LogP contribution in [-0.2, 0) is 11.3 Å². The minimum Gasteiger partial charge on any atom is -0.435 e. The number of morpholine rings is 1. The van der Waals surface area contributed by atoms with E-state index in [2.05, 4.69) is 9.80 Å². The van der Waals surface area contributed by atoms with Gasteiger partial charge in [0.15, 0.2) is 11.6 Å². The molecule has 1 aliphatic heterocycles. The summed E-state index contributed by atoms with van der Waals surface area (Å²) in [5, 5.41) is 15.7. The van der Waals surface area contributed by atoms with E-state index in [1.165, 1.54) is 18.9 Å². The van der Waals surface area contributed by atoms with Gasteiger partial charge >= 0.3 is 0 Å². The van der Waals surface area contributed by atoms with Gasteiger partial charge in [0.05, 0.1) is 36.3 Å². The van der Waals surface area contributed by atoms with Gasteiger partial charge in [0, 0.05) is 39.3 Å². The van der Waals surface area contributed by atoms with Gasteiger partial charge in [0.2, 0.25) is 5.88 Å². The fourth-order valence-electron chi connectivity index (χ4n) is 4.73. The van der Waals surface area contributed by atoms with E-state index in [0.29, 0.717) is 44.6 Å². The van der Waals surface area contributed by atoms with Crippen LogP contribution in [-0.4, -0.2) is 76.7 Å². The molecule has 7 nitrogen and oxygen atoms in total. The van der Waals surface area contributed by atoms with Crippen LogP contribution in [0.4, 0.5) is 4.39 Å². The topological polar surface area (TPSA) is 63.0 Å². The van der Waals surface area contributed by atoms with Crippen molar-refractivity contribution in [3.05, 3.63) is 71.7 Å². The van der Waals surface area contributed by atoms with Gasteiger partial charge in [0.1, 0.15) is 0 Å². The molecular weight excluding hydrogens is 459 g/mol. The van der Waals surface area contributed by atoms with E-state index < -0.39 is 11.9 Å². The number of halogens is 1. The first kappa shape index (κ1) is 24.9. The third-order valence-electron chi connectivity index (χ3n) is 6.82. The summed E-state index contributed by atoms with van der Waals surface area (Å²) < 4.78 is 28.0. The quantitative estimate of drug-likeness (QED) is 0.435. The molecule has 1 aromatic heterocycles. The van der Waals surface area contributed by atoms with Gasteiger partial charge in [-0.25, -0.2) is 9.07 Å². The summed E-state index contributed by atoms with van der Waals surface area (Å²) >= 11 is 0. The average Bonchev–Trinajstić information content (AvgIpc) is 3.65. The second kappa shape index (κ2) is 11.5. The van der Waals surface area contributed by atoms with Gasteiger partial charge in [0.25, 0.3) is 0 Å². The van der Waals surface area contributed by atoms with Crippen molar-refractivity contribution in [2.45, 2.75) is 32.4 Å². The highest BCUT2D eigenvalue weighted by atomic mass is 19.1. The number of nitrogens with zero attached hydrogens (tertiary/aromatic N) is 4. The number of aliphatic hydroxyl groups is 1. The molecule has 36 heavy (non-hydrogen) atoms. The molecule has 0 bridgehead atoms. The maximum absolute atomic E-state index is 14.6. The normalized spacial score (nSPS) is 17.4. The molecule has 1 aliphatic carbocycles. The van der Waals surface area contributed by atoms with Gasteiger partial charge in [-0.3, -0.25) is 9.80 Å². The van der Waals surface area contributed by atoms with Crippen molar-refractivity contribution in [2.75, 3.05) is 45.9 Å². The second-order valence-corrected chi connectivity index (χ2v) is 9.85. The minimum atomic E-state index is -0.470. The molecule has 0 unspecified atom stereocenters. The number of hydrogen-bond acceptors (Lipinski definition) is 6. The van der Waals surface area contributed by atoms with Gasteiger partial charge < -0.3 is 14.6 Å². The third-order valence-corrected chi connectivity index (χ3v) is 6.82. The molecule has 1 saturated carbocycles. The molecule has 0 radical (unpaired) electrons. The first-order valence-electron chi connectivity index (χ1n) is 12.8. The highest BCUT2D eigenvalue weighted by Crippen LogP contribution is 2.35. The number of β-amino-alcohol motifs (C(OH)–C–C–N with tert-alkyl or cyclic N) is 1. The van der Waals surface area contributed by atoms with Gasteiger partial charge in [-0.1, -0.05) is 30.3 Å². The molecule has 1 N–H and O–H groups in total. The van der Waals surface area contributed by atoms with Crippen molar-refractivity contribution in [3.63, 3.8) is 0 Å². The lowest BCUT2D eigenvalue weighted by Crippen LogP contribution is -2.44. The summed E-state index contributed by atoms with van der Waals surface area (Å²) in [6.45, 7) is 7.76. The maximum Gasteiger partial charge on any atom is 0.227 e. The molecule has 2 aromatic carbocycles. The summed E-state index contributed by atoms with van der Waals surface area (Å²) in [5.74, 6) is 0.905. The first-order chi connectivity index (χ1) is 17.6. The van der Waals surface area contributed by atoms with E-state index in [0.717, 1.165) is 36.6 Å². The molecular formula is C28H35FN4O3. The maximum atomic E-state index is 14.6. The Bertz CT molecular complexity index is 1130. The Kier molecular flexibility index (Phi) is 7.96. The largest absolute Gasteiger partial charge is 0.435 e. The monoisotopic (exact) mass is 494 g/mol. The Hall–Kier alpha value is -2.78. The Balaban J connectivity index is 1.41. The van der Waals surface area contributed by atoms with Crippen LogP contribution in [0.25, 0.3) is 5.69 Å². The fraction of sp³-hybridized carbons (Fsp3) is 0.464. The van der Waals surface area contributed by atoms with Crippen LogP contribution in [0.3, 0.4) is 0 Å². The molecule has 2 aliphatic rings.